The molecule has 4 nitrogen and oxygen atoms in total. The zero-order valence-corrected chi connectivity index (χ0v) is 11.7. The highest BCUT2D eigenvalue weighted by atomic mass is 16.4. The number of benzene rings is 1. The number of hydrogen-bond donors (Lipinski definition) is 1. The van der Waals surface area contributed by atoms with E-state index in [0.717, 1.165) is 12.0 Å². The minimum atomic E-state index is -0.937. The van der Waals surface area contributed by atoms with Gasteiger partial charge in [0.2, 0.25) is 5.91 Å². The van der Waals surface area contributed by atoms with Crippen LogP contribution in [0.25, 0.3) is 0 Å². The van der Waals surface area contributed by atoms with Crippen LogP contribution in [-0.4, -0.2) is 28.9 Å². The second-order valence-electron chi connectivity index (χ2n) is 4.97. The molecular weight excluding hydrogens is 242 g/mol. The van der Waals surface area contributed by atoms with Crippen molar-refractivity contribution in [1.29, 1.82) is 0 Å². The predicted molar refractivity (Wildman–Crippen MR) is 73.9 cm³/mol. The summed E-state index contributed by atoms with van der Waals surface area (Å²) in [5.74, 6) is -0.422. The Morgan fingerprint density at radius 1 is 1.26 bits per heavy atom. The second kappa shape index (κ2) is 6.92. The molecule has 19 heavy (non-hydrogen) atoms. The van der Waals surface area contributed by atoms with E-state index < -0.39 is 5.97 Å². The van der Waals surface area contributed by atoms with Gasteiger partial charge >= 0.3 is 5.97 Å². The van der Waals surface area contributed by atoms with Gasteiger partial charge in [0.25, 0.3) is 0 Å². The maximum Gasteiger partial charge on any atom is 0.335 e. The SMILES string of the molecule is CCC(C)CC(=O)N(C)Cc1ccc(C(=O)O)cc1. The van der Waals surface area contributed by atoms with Crippen molar-refractivity contribution in [3.63, 3.8) is 0 Å². The molecule has 1 unspecified atom stereocenters. The van der Waals surface area contributed by atoms with Crippen molar-refractivity contribution >= 4 is 11.9 Å². The first-order chi connectivity index (χ1) is 8.93. The van der Waals surface area contributed by atoms with Crippen LogP contribution in [0.2, 0.25) is 0 Å². The summed E-state index contributed by atoms with van der Waals surface area (Å²) in [6.45, 7) is 4.64. The molecule has 0 aliphatic rings. The fourth-order valence-corrected chi connectivity index (χ4v) is 1.71. The quantitative estimate of drug-likeness (QED) is 0.858. The highest BCUT2D eigenvalue weighted by Gasteiger charge is 2.12. The number of carbonyl (C=O) groups is 2. The lowest BCUT2D eigenvalue weighted by Gasteiger charge is -2.19. The Hall–Kier alpha value is -1.84. The Labute approximate surface area is 114 Å². The van der Waals surface area contributed by atoms with Gasteiger partial charge in [-0.1, -0.05) is 32.4 Å². The summed E-state index contributed by atoms with van der Waals surface area (Å²) >= 11 is 0. The number of aromatic carboxylic acids is 1. The number of carboxylic acid groups (broad SMARTS) is 1. The van der Waals surface area contributed by atoms with E-state index in [0.29, 0.717) is 18.9 Å². The maximum absolute atomic E-state index is 11.9. The zero-order chi connectivity index (χ0) is 14.4. The van der Waals surface area contributed by atoms with Gasteiger partial charge in [-0.3, -0.25) is 4.79 Å². The number of carbonyl (C=O) groups excluding carboxylic acids is 1. The summed E-state index contributed by atoms with van der Waals surface area (Å²) in [4.78, 5) is 24.3. The highest BCUT2D eigenvalue weighted by Crippen LogP contribution is 2.11. The van der Waals surface area contributed by atoms with Crippen LogP contribution in [0.3, 0.4) is 0 Å². The van der Waals surface area contributed by atoms with Gasteiger partial charge in [0.05, 0.1) is 5.56 Å². The van der Waals surface area contributed by atoms with Crippen molar-refractivity contribution < 1.29 is 14.7 Å². The van der Waals surface area contributed by atoms with Crippen LogP contribution in [0.15, 0.2) is 24.3 Å². The molecule has 1 amide bonds. The van der Waals surface area contributed by atoms with Gasteiger partial charge in [-0.05, 0) is 23.6 Å². The van der Waals surface area contributed by atoms with Gasteiger partial charge in [-0.25, -0.2) is 4.79 Å². The van der Waals surface area contributed by atoms with Gasteiger partial charge in [-0.2, -0.15) is 0 Å². The molecule has 0 fully saturated rings. The lowest BCUT2D eigenvalue weighted by molar-refractivity contribution is -0.131. The van der Waals surface area contributed by atoms with E-state index in [1.165, 1.54) is 0 Å². The number of rotatable bonds is 6. The Balaban J connectivity index is 2.58. The minimum absolute atomic E-state index is 0.122. The molecule has 0 saturated heterocycles. The summed E-state index contributed by atoms with van der Waals surface area (Å²) < 4.78 is 0. The first-order valence-corrected chi connectivity index (χ1v) is 6.50. The average molecular weight is 263 g/mol. The van der Waals surface area contributed by atoms with E-state index in [4.69, 9.17) is 5.11 Å². The molecule has 0 aromatic heterocycles. The zero-order valence-electron chi connectivity index (χ0n) is 11.7. The molecule has 1 rings (SSSR count). The van der Waals surface area contributed by atoms with E-state index in [-0.39, 0.29) is 11.5 Å². The van der Waals surface area contributed by atoms with Crippen molar-refractivity contribution in [3.05, 3.63) is 35.4 Å². The molecule has 0 bridgehead atoms. The summed E-state index contributed by atoms with van der Waals surface area (Å²) in [6, 6.07) is 6.61. The largest absolute Gasteiger partial charge is 0.478 e. The summed E-state index contributed by atoms with van der Waals surface area (Å²) in [5.41, 5.74) is 1.20. The van der Waals surface area contributed by atoms with E-state index in [9.17, 15) is 9.59 Å². The van der Waals surface area contributed by atoms with Gasteiger partial charge < -0.3 is 10.0 Å². The van der Waals surface area contributed by atoms with E-state index in [1.54, 1.807) is 36.2 Å². The molecule has 0 aliphatic carbocycles. The fraction of sp³-hybridized carbons (Fsp3) is 0.467. The lowest BCUT2D eigenvalue weighted by Crippen LogP contribution is -2.27. The van der Waals surface area contributed by atoms with Crippen LogP contribution in [0.5, 0.6) is 0 Å². The Kier molecular flexibility index (Phi) is 5.55. The predicted octanol–water partition coefficient (Wildman–Crippen LogP) is 2.78. The van der Waals surface area contributed by atoms with Gasteiger partial charge in [0.1, 0.15) is 0 Å². The first-order valence-electron chi connectivity index (χ1n) is 6.50. The molecule has 0 saturated carbocycles. The monoisotopic (exact) mass is 263 g/mol. The van der Waals surface area contributed by atoms with Crippen molar-refractivity contribution in [2.24, 2.45) is 5.92 Å². The van der Waals surface area contributed by atoms with Crippen LogP contribution in [-0.2, 0) is 11.3 Å². The minimum Gasteiger partial charge on any atom is -0.478 e. The van der Waals surface area contributed by atoms with Gasteiger partial charge in [0, 0.05) is 20.0 Å². The lowest BCUT2D eigenvalue weighted by atomic mass is 10.0. The van der Waals surface area contributed by atoms with Crippen molar-refractivity contribution in [2.45, 2.75) is 33.2 Å². The van der Waals surface area contributed by atoms with Crippen molar-refractivity contribution in [2.75, 3.05) is 7.05 Å². The highest BCUT2D eigenvalue weighted by molar-refractivity contribution is 5.87. The van der Waals surface area contributed by atoms with Crippen LogP contribution in [0, 0.1) is 5.92 Å². The normalized spacial score (nSPS) is 11.9. The van der Waals surface area contributed by atoms with Crippen molar-refractivity contribution in [1.82, 2.24) is 4.90 Å². The average Bonchev–Trinajstić information content (AvgIpc) is 2.38. The van der Waals surface area contributed by atoms with Crippen molar-refractivity contribution in [3.8, 4) is 0 Å². The van der Waals surface area contributed by atoms with Crippen LogP contribution >= 0.6 is 0 Å². The summed E-state index contributed by atoms with van der Waals surface area (Å²) in [5, 5.41) is 8.81. The van der Waals surface area contributed by atoms with Crippen LogP contribution in [0.1, 0.15) is 42.6 Å². The number of amides is 1. The Morgan fingerprint density at radius 3 is 2.32 bits per heavy atom. The first kappa shape index (κ1) is 15.2. The number of carboxylic acids is 1. The second-order valence-corrected chi connectivity index (χ2v) is 4.97. The molecule has 1 N–H and O–H groups in total. The maximum atomic E-state index is 11.9. The Bertz CT molecular complexity index is 439. The summed E-state index contributed by atoms with van der Waals surface area (Å²) in [7, 11) is 1.77. The van der Waals surface area contributed by atoms with E-state index in [2.05, 4.69) is 13.8 Å². The third-order valence-corrected chi connectivity index (χ3v) is 3.27. The third-order valence-electron chi connectivity index (χ3n) is 3.27. The standard InChI is InChI=1S/C15H21NO3/c1-4-11(2)9-14(17)16(3)10-12-5-7-13(8-6-12)15(18)19/h5-8,11H,4,9-10H2,1-3H3,(H,18,19). The Morgan fingerprint density at radius 2 is 1.84 bits per heavy atom. The molecule has 1 atom stereocenters. The smallest absolute Gasteiger partial charge is 0.335 e. The number of nitrogens with zero attached hydrogens (tertiary/aromatic N) is 1. The van der Waals surface area contributed by atoms with Gasteiger partial charge in [0.15, 0.2) is 0 Å². The molecule has 1 aromatic carbocycles. The molecule has 0 heterocycles. The molecule has 4 heteroatoms. The van der Waals surface area contributed by atoms with Crippen LogP contribution in [0.4, 0.5) is 0 Å². The van der Waals surface area contributed by atoms with E-state index >= 15 is 0 Å². The molecule has 1 aromatic rings. The fourth-order valence-electron chi connectivity index (χ4n) is 1.71. The number of hydrogen-bond acceptors (Lipinski definition) is 2. The summed E-state index contributed by atoms with van der Waals surface area (Å²) in [6.07, 6.45) is 1.55. The molecule has 0 spiro atoms. The van der Waals surface area contributed by atoms with Crippen LogP contribution < -0.4 is 0 Å². The topological polar surface area (TPSA) is 57.6 Å². The van der Waals surface area contributed by atoms with E-state index in [1.807, 2.05) is 0 Å². The molecule has 0 radical (unpaired) electrons. The van der Waals surface area contributed by atoms with Gasteiger partial charge in [-0.15, -0.1) is 0 Å². The molecule has 104 valence electrons. The molecular formula is C15H21NO3. The third kappa shape index (κ3) is 4.73. The molecule has 0 aliphatic heterocycles.